The van der Waals surface area contributed by atoms with Crippen LogP contribution in [0, 0.1) is 5.41 Å². The molecule has 0 radical (unpaired) electrons. The van der Waals surface area contributed by atoms with E-state index in [0.29, 0.717) is 10.9 Å². The van der Waals surface area contributed by atoms with Crippen LogP contribution in [0.5, 0.6) is 0 Å². The fourth-order valence-electron chi connectivity index (χ4n) is 4.85. The number of H-pyrrole nitrogens is 1. The maximum atomic E-state index is 12.6. The molecule has 0 unspecified atom stereocenters. The number of aromatic nitrogens is 2. The van der Waals surface area contributed by atoms with Crippen LogP contribution in [0.15, 0.2) is 41.5 Å². The number of rotatable bonds is 7. The number of aryl methyl sites for hydroxylation is 1. The summed E-state index contributed by atoms with van der Waals surface area (Å²) < 4.78 is 5.21. The van der Waals surface area contributed by atoms with Crippen molar-refractivity contribution in [3.8, 4) is 11.1 Å². The van der Waals surface area contributed by atoms with E-state index in [1.165, 1.54) is 43.4 Å². The molecule has 0 bridgehead atoms. The van der Waals surface area contributed by atoms with Gasteiger partial charge in [-0.1, -0.05) is 31.7 Å². The van der Waals surface area contributed by atoms with Crippen molar-refractivity contribution in [3.63, 3.8) is 0 Å². The molecule has 1 saturated heterocycles. The Morgan fingerprint density at radius 2 is 2.03 bits per heavy atom. The van der Waals surface area contributed by atoms with Crippen molar-refractivity contribution in [2.75, 3.05) is 28.5 Å². The lowest BCUT2D eigenvalue weighted by Crippen LogP contribution is -2.60. The fraction of sp³-hybridized carbons (Fsp3) is 0.458. The zero-order valence-corrected chi connectivity index (χ0v) is 18.6. The minimum atomic E-state index is 0.0158. The predicted octanol–water partition coefficient (Wildman–Crippen LogP) is 5.38. The van der Waals surface area contributed by atoms with Gasteiger partial charge in [-0.2, -0.15) is 0 Å². The summed E-state index contributed by atoms with van der Waals surface area (Å²) in [6.07, 6.45) is 10.4. The third-order valence-electron chi connectivity index (χ3n) is 6.78. The summed E-state index contributed by atoms with van der Waals surface area (Å²) in [5.41, 5.74) is 5.96. The van der Waals surface area contributed by atoms with Gasteiger partial charge in [0.1, 0.15) is 5.52 Å². The molecule has 2 N–H and O–H groups in total. The predicted molar refractivity (Wildman–Crippen MR) is 128 cm³/mol. The molecule has 2 fully saturated rings. The first-order chi connectivity index (χ1) is 14.6. The van der Waals surface area contributed by atoms with E-state index in [1.54, 1.807) is 16.5 Å². The molecule has 0 atom stereocenters. The molecule has 5 rings (SSSR count). The van der Waals surface area contributed by atoms with Crippen LogP contribution >= 0.6 is 11.9 Å². The zero-order chi connectivity index (χ0) is 20.7. The Morgan fingerprint density at radius 3 is 2.77 bits per heavy atom. The maximum Gasteiger partial charge on any atom is 0.274 e. The molecule has 1 aromatic carbocycles. The van der Waals surface area contributed by atoms with Crippen molar-refractivity contribution < 1.29 is 0 Å². The summed E-state index contributed by atoms with van der Waals surface area (Å²) >= 11 is 1.77. The first kappa shape index (κ1) is 19.6. The highest BCUT2D eigenvalue weighted by molar-refractivity contribution is 8.00. The third-order valence-corrected chi connectivity index (χ3v) is 7.65. The number of nitrogens with zero attached hydrogens (tertiary/aromatic N) is 2. The summed E-state index contributed by atoms with van der Waals surface area (Å²) in [6.45, 7) is 4.53. The molecule has 0 amide bonds. The normalized spacial score (nSPS) is 17.2. The smallest absolute Gasteiger partial charge is 0.274 e. The Labute approximate surface area is 182 Å². The summed E-state index contributed by atoms with van der Waals surface area (Å²) in [6, 6.07) is 8.73. The van der Waals surface area contributed by atoms with Crippen molar-refractivity contribution in [2.45, 2.75) is 39.0 Å². The number of anilines is 2. The molecule has 1 aliphatic carbocycles. The van der Waals surface area contributed by atoms with Crippen molar-refractivity contribution in [3.05, 3.63) is 47.0 Å². The lowest BCUT2D eigenvalue weighted by atomic mass is 9.63. The number of pyridine rings is 1. The Morgan fingerprint density at radius 1 is 1.20 bits per heavy atom. The van der Waals surface area contributed by atoms with E-state index >= 15 is 0 Å². The van der Waals surface area contributed by atoms with Crippen LogP contribution in [0.2, 0.25) is 0 Å². The second kappa shape index (κ2) is 7.73. The second-order valence-electron chi connectivity index (χ2n) is 8.97. The minimum absolute atomic E-state index is 0.0158. The maximum absolute atomic E-state index is 12.6. The van der Waals surface area contributed by atoms with Gasteiger partial charge in [0.15, 0.2) is 0 Å². The number of nitrogens with one attached hydrogen (secondary N) is 2. The lowest BCUT2D eigenvalue weighted by molar-refractivity contribution is 0.0905. The number of fused-ring (bicyclic) bond motifs is 1. The third kappa shape index (κ3) is 3.31. The second-order valence-corrected chi connectivity index (χ2v) is 9.87. The lowest BCUT2D eigenvalue weighted by Gasteiger charge is -2.57. The Kier molecular flexibility index (Phi) is 5.05. The fourth-order valence-corrected chi connectivity index (χ4v) is 5.68. The van der Waals surface area contributed by atoms with E-state index in [2.05, 4.69) is 39.7 Å². The van der Waals surface area contributed by atoms with Gasteiger partial charge < -0.3 is 19.2 Å². The van der Waals surface area contributed by atoms with Crippen LogP contribution in [0.1, 0.15) is 39.0 Å². The summed E-state index contributed by atoms with van der Waals surface area (Å²) in [4.78, 5) is 18.2. The molecule has 2 aromatic heterocycles. The highest BCUT2D eigenvalue weighted by Gasteiger charge is 2.47. The van der Waals surface area contributed by atoms with E-state index in [1.807, 2.05) is 25.5 Å². The minimum Gasteiger partial charge on any atom is -0.370 e. The van der Waals surface area contributed by atoms with Crippen molar-refractivity contribution in [2.24, 2.45) is 12.5 Å². The molecule has 3 heterocycles. The van der Waals surface area contributed by atoms with Crippen LogP contribution in [-0.4, -0.2) is 28.4 Å². The van der Waals surface area contributed by atoms with Gasteiger partial charge in [0, 0.05) is 71.6 Å². The van der Waals surface area contributed by atoms with Gasteiger partial charge in [0.05, 0.1) is 0 Å². The quantitative estimate of drug-likeness (QED) is 0.396. The van der Waals surface area contributed by atoms with E-state index in [9.17, 15) is 4.79 Å². The molecule has 158 valence electrons. The number of unbranched alkanes of at least 4 members (excludes halogenated alkanes) is 1. The van der Waals surface area contributed by atoms with Crippen molar-refractivity contribution in [1.29, 1.82) is 0 Å². The number of aromatic amines is 1. The molecule has 1 saturated carbocycles. The van der Waals surface area contributed by atoms with Crippen LogP contribution < -0.4 is 15.2 Å². The molecule has 5 nitrogen and oxygen atoms in total. The molecule has 6 heteroatoms. The summed E-state index contributed by atoms with van der Waals surface area (Å²) in [5, 5.41) is 0.994. The molecule has 1 aliphatic heterocycles. The van der Waals surface area contributed by atoms with Gasteiger partial charge in [-0.25, -0.2) is 0 Å². The van der Waals surface area contributed by atoms with Crippen LogP contribution in [-0.2, 0) is 7.05 Å². The van der Waals surface area contributed by atoms with Crippen LogP contribution in [0.4, 0.5) is 11.4 Å². The number of hydrogen-bond acceptors (Lipinski definition) is 4. The average Bonchev–Trinajstić information content (AvgIpc) is 3.17. The molecule has 1 spiro atoms. The zero-order valence-electron chi connectivity index (χ0n) is 17.8. The van der Waals surface area contributed by atoms with Gasteiger partial charge in [-0.3, -0.25) is 4.79 Å². The van der Waals surface area contributed by atoms with E-state index in [-0.39, 0.29) is 5.56 Å². The Bertz CT molecular complexity index is 1120. The Hall–Kier alpha value is -2.34. The van der Waals surface area contributed by atoms with Crippen LogP contribution in [0.3, 0.4) is 0 Å². The van der Waals surface area contributed by atoms with Gasteiger partial charge >= 0.3 is 0 Å². The Balaban J connectivity index is 1.55. The highest BCUT2D eigenvalue weighted by atomic mass is 32.2. The largest absolute Gasteiger partial charge is 0.370 e. The molecule has 2 aliphatic rings. The summed E-state index contributed by atoms with van der Waals surface area (Å²) in [5.74, 6) is 1.10. The number of hydrogen-bond donors (Lipinski definition) is 2. The van der Waals surface area contributed by atoms with Gasteiger partial charge in [0.2, 0.25) is 0 Å². The van der Waals surface area contributed by atoms with Crippen molar-refractivity contribution in [1.82, 2.24) is 9.55 Å². The SMILES string of the molecule is CCCCSNc1ccc(N2CC3(CCC3)C2)c(-c2cn(C)c(=O)c3[nH]ccc23)c1. The first-order valence-corrected chi connectivity index (χ1v) is 12.0. The topological polar surface area (TPSA) is 53.1 Å². The monoisotopic (exact) mass is 422 g/mol. The molecule has 30 heavy (non-hydrogen) atoms. The van der Waals surface area contributed by atoms with E-state index in [4.69, 9.17) is 0 Å². The first-order valence-electron chi connectivity index (χ1n) is 11.0. The number of benzene rings is 1. The van der Waals surface area contributed by atoms with Crippen molar-refractivity contribution >= 4 is 34.2 Å². The van der Waals surface area contributed by atoms with Gasteiger partial charge in [-0.15, -0.1) is 0 Å². The van der Waals surface area contributed by atoms with E-state index in [0.717, 1.165) is 35.5 Å². The standard InChI is InChI=1S/C24H30N4OS/c1-3-4-12-30-26-17-6-7-21(28-15-24(16-28)9-5-10-24)19(13-17)20-14-27(2)23(29)22-18(20)8-11-25-22/h6-8,11,13-14,25-26H,3-5,9-10,12,15-16H2,1-2H3. The highest BCUT2D eigenvalue weighted by Crippen LogP contribution is 2.51. The average molecular weight is 423 g/mol. The molecular weight excluding hydrogens is 392 g/mol. The van der Waals surface area contributed by atoms with E-state index < -0.39 is 0 Å². The molecule has 3 aromatic rings. The van der Waals surface area contributed by atoms with Crippen LogP contribution in [0.25, 0.3) is 22.0 Å². The molecular formula is C24H30N4OS. The van der Waals surface area contributed by atoms with Gasteiger partial charge in [-0.05, 0) is 43.5 Å². The summed E-state index contributed by atoms with van der Waals surface area (Å²) in [7, 11) is 1.83. The van der Waals surface area contributed by atoms with Gasteiger partial charge in [0.25, 0.3) is 5.56 Å².